The van der Waals surface area contributed by atoms with E-state index < -0.39 is 17.5 Å². The van der Waals surface area contributed by atoms with E-state index in [9.17, 15) is 13.6 Å². The summed E-state index contributed by atoms with van der Waals surface area (Å²) in [4.78, 5) is 13.1. The van der Waals surface area contributed by atoms with E-state index in [1.165, 1.54) is 24.1 Å². The maximum Gasteiger partial charge on any atom is 0.257 e. The first-order valence-electron chi connectivity index (χ1n) is 5.47. The third kappa shape index (κ3) is 2.75. The number of hydrogen-bond donors (Lipinski definition) is 0. The van der Waals surface area contributed by atoms with Crippen LogP contribution in [0, 0.1) is 18.6 Å². The summed E-state index contributed by atoms with van der Waals surface area (Å²) in [5.74, 6) is -2.29. The van der Waals surface area contributed by atoms with Crippen LogP contribution in [0.25, 0.3) is 0 Å². The van der Waals surface area contributed by atoms with Gasteiger partial charge in [0.25, 0.3) is 5.91 Å². The highest BCUT2D eigenvalue weighted by Crippen LogP contribution is 2.14. The molecule has 1 aromatic heterocycles. The molecule has 0 saturated heterocycles. The standard InChI is InChI=1S/C12H11F2N3O2/c1-7-15-16-10(19-7)6-17(2)12(18)8-4-3-5-9(13)11(8)14/h3-5H,6H2,1-2H3. The molecule has 0 saturated carbocycles. The molecule has 100 valence electrons. The first-order chi connectivity index (χ1) is 8.99. The van der Waals surface area contributed by atoms with E-state index in [4.69, 9.17) is 4.42 Å². The normalized spacial score (nSPS) is 10.5. The third-order valence-electron chi connectivity index (χ3n) is 2.47. The number of amides is 1. The Morgan fingerprint density at radius 2 is 2.11 bits per heavy atom. The van der Waals surface area contributed by atoms with Crippen molar-refractivity contribution in [1.29, 1.82) is 0 Å². The monoisotopic (exact) mass is 267 g/mol. The summed E-state index contributed by atoms with van der Waals surface area (Å²) in [6, 6.07) is 3.44. The SMILES string of the molecule is Cc1nnc(CN(C)C(=O)c2cccc(F)c2F)o1. The number of rotatable bonds is 3. The van der Waals surface area contributed by atoms with E-state index in [0.29, 0.717) is 5.89 Å². The van der Waals surface area contributed by atoms with Crippen molar-refractivity contribution in [3.05, 3.63) is 47.2 Å². The smallest absolute Gasteiger partial charge is 0.257 e. The Bertz CT molecular complexity index is 613. The second kappa shape index (κ2) is 5.13. The van der Waals surface area contributed by atoms with E-state index in [2.05, 4.69) is 10.2 Å². The fourth-order valence-corrected chi connectivity index (χ4v) is 1.55. The van der Waals surface area contributed by atoms with Gasteiger partial charge in [0.1, 0.15) is 0 Å². The molecular formula is C12H11F2N3O2. The largest absolute Gasteiger partial charge is 0.424 e. The van der Waals surface area contributed by atoms with Gasteiger partial charge in [0, 0.05) is 14.0 Å². The lowest BCUT2D eigenvalue weighted by atomic mass is 10.2. The number of carbonyl (C=O) groups is 1. The molecule has 0 unspecified atom stereocenters. The average molecular weight is 267 g/mol. The summed E-state index contributed by atoms with van der Waals surface area (Å²) in [5, 5.41) is 7.34. The lowest BCUT2D eigenvalue weighted by Crippen LogP contribution is -2.27. The Morgan fingerprint density at radius 3 is 2.74 bits per heavy atom. The van der Waals surface area contributed by atoms with Crippen LogP contribution in [0.3, 0.4) is 0 Å². The summed E-state index contributed by atoms with van der Waals surface area (Å²) < 4.78 is 31.6. The zero-order valence-electron chi connectivity index (χ0n) is 10.4. The Morgan fingerprint density at radius 1 is 1.37 bits per heavy atom. The minimum Gasteiger partial charge on any atom is -0.424 e. The van der Waals surface area contributed by atoms with Crippen LogP contribution in [0.5, 0.6) is 0 Å². The Labute approximate surface area is 107 Å². The van der Waals surface area contributed by atoms with Crippen LogP contribution in [0.15, 0.2) is 22.6 Å². The number of nitrogens with zero attached hydrogens (tertiary/aromatic N) is 3. The van der Waals surface area contributed by atoms with Crippen molar-refractivity contribution >= 4 is 5.91 Å². The molecule has 0 aliphatic carbocycles. The minimum atomic E-state index is -1.17. The predicted octanol–water partition coefficient (Wildman–Crippen LogP) is 1.93. The van der Waals surface area contributed by atoms with Crippen molar-refractivity contribution in [2.24, 2.45) is 0 Å². The van der Waals surface area contributed by atoms with Gasteiger partial charge in [0.2, 0.25) is 11.8 Å². The Hall–Kier alpha value is -2.31. The number of benzene rings is 1. The van der Waals surface area contributed by atoms with Crippen molar-refractivity contribution in [3.63, 3.8) is 0 Å². The number of hydrogen-bond acceptors (Lipinski definition) is 4. The number of carbonyl (C=O) groups excluding carboxylic acids is 1. The van der Waals surface area contributed by atoms with E-state index in [-0.39, 0.29) is 18.0 Å². The van der Waals surface area contributed by atoms with Crippen molar-refractivity contribution in [3.8, 4) is 0 Å². The lowest BCUT2D eigenvalue weighted by molar-refractivity contribution is 0.0766. The first kappa shape index (κ1) is 13.1. The van der Waals surface area contributed by atoms with Crippen LogP contribution >= 0.6 is 0 Å². The molecule has 19 heavy (non-hydrogen) atoms. The van der Waals surface area contributed by atoms with Gasteiger partial charge in [-0.15, -0.1) is 10.2 Å². The van der Waals surface area contributed by atoms with Crippen molar-refractivity contribution < 1.29 is 18.0 Å². The topological polar surface area (TPSA) is 59.2 Å². The molecule has 7 heteroatoms. The van der Waals surface area contributed by atoms with E-state index in [1.807, 2.05) is 0 Å². The van der Waals surface area contributed by atoms with Gasteiger partial charge in [-0.2, -0.15) is 0 Å². The Kier molecular flexibility index (Phi) is 3.55. The molecule has 0 bridgehead atoms. The van der Waals surface area contributed by atoms with Crippen LogP contribution in [0.2, 0.25) is 0 Å². The van der Waals surface area contributed by atoms with Gasteiger partial charge in [-0.25, -0.2) is 8.78 Å². The highest BCUT2D eigenvalue weighted by molar-refractivity contribution is 5.94. The molecule has 0 radical (unpaired) electrons. The minimum absolute atomic E-state index is 0.0234. The van der Waals surface area contributed by atoms with Crippen LogP contribution < -0.4 is 0 Å². The van der Waals surface area contributed by atoms with Crippen LogP contribution in [0.1, 0.15) is 22.1 Å². The molecule has 2 aromatic rings. The van der Waals surface area contributed by atoms with Crippen LogP contribution in [0.4, 0.5) is 8.78 Å². The van der Waals surface area contributed by atoms with E-state index in [0.717, 1.165) is 6.07 Å². The van der Waals surface area contributed by atoms with Crippen molar-refractivity contribution in [2.45, 2.75) is 13.5 Å². The second-order valence-electron chi connectivity index (χ2n) is 3.98. The molecule has 0 N–H and O–H groups in total. The molecule has 0 aliphatic rings. The fourth-order valence-electron chi connectivity index (χ4n) is 1.55. The summed E-state index contributed by atoms with van der Waals surface area (Å²) in [6.07, 6.45) is 0. The summed E-state index contributed by atoms with van der Waals surface area (Å²) in [7, 11) is 1.44. The van der Waals surface area contributed by atoms with Gasteiger partial charge >= 0.3 is 0 Å². The summed E-state index contributed by atoms with van der Waals surface area (Å²) in [6.45, 7) is 1.64. The number of halogens is 2. The molecule has 1 amide bonds. The zero-order valence-corrected chi connectivity index (χ0v) is 10.4. The van der Waals surface area contributed by atoms with Crippen molar-refractivity contribution in [1.82, 2.24) is 15.1 Å². The Balaban J connectivity index is 2.17. The van der Waals surface area contributed by atoms with Gasteiger partial charge in [-0.1, -0.05) is 6.07 Å². The highest BCUT2D eigenvalue weighted by atomic mass is 19.2. The predicted molar refractivity (Wildman–Crippen MR) is 61.2 cm³/mol. The maximum absolute atomic E-state index is 13.5. The number of aromatic nitrogens is 2. The lowest BCUT2D eigenvalue weighted by Gasteiger charge is -2.15. The highest BCUT2D eigenvalue weighted by Gasteiger charge is 2.20. The van der Waals surface area contributed by atoms with Crippen LogP contribution in [-0.2, 0) is 6.54 Å². The first-order valence-corrected chi connectivity index (χ1v) is 5.47. The fraction of sp³-hybridized carbons (Fsp3) is 0.250. The quantitative estimate of drug-likeness (QED) is 0.852. The summed E-state index contributed by atoms with van der Waals surface area (Å²) >= 11 is 0. The molecular weight excluding hydrogens is 256 g/mol. The second-order valence-corrected chi connectivity index (χ2v) is 3.98. The summed E-state index contributed by atoms with van der Waals surface area (Å²) in [5.41, 5.74) is -0.335. The molecule has 0 spiro atoms. The molecule has 0 aliphatic heterocycles. The molecule has 5 nitrogen and oxygen atoms in total. The third-order valence-corrected chi connectivity index (χ3v) is 2.47. The van der Waals surface area contributed by atoms with E-state index >= 15 is 0 Å². The van der Waals surface area contributed by atoms with Crippen LogP contribution in [-0.4, -0.2) is 28.1 Å². The van der Waals surface area contributed by atoms with Gasteiger partial charge in [0.05, 0.1) is 12.1 Å². The maximum atomic E-state index is 13.5. The molecule has 2 rings (SSSR count). The van der Waals surface area contributed by atoms with Gasteiger partial charge in [-0.3, -0.25) is 4.79 Å². The van der Waals surface area contributed by atoms with E-state index in [1.54, 1.807) is 6.92 Å². The molecule has 0 fully saturated rings. The molecule has 1 heterocycles. The molecule has 0 atom stereocenters. The molecule has 1 aromatic carbocycles. The van der Waals surface area contributed by atoms with Crippen molar-refractivity contribution in [2.75, 3.05) is 7.05 Å². The average Bonchev–Trinajstić information content (AvgIpc) is 2.77. The van der Waals surface area contributed by atoms with Gasteiger partial charge < -0.3 is 9.32 Å². The zero-order chi connectivity index (χ0) is 14.0. The number of aryl methyl sites for hydroxylation is 1. The van der Waals surface area contributed by atoms with Gasteiger partial charge in [-0.05, 0) is 12.1 Å². The van der Waals surface area contributed by atoms with Gasteiger partial charge in [0.15, 0.2) is 11.6 Å².